The molecule has 178 valence electrons. The molecule has 1 saturated heterocycles. The van der Waals surface area contributed by atoms with E-state index >= 15 is 0 Å². The van der Waals surface area contributed by atoms with Crippen molar-refractivity contribution in [2.24, 2.45) is 0 Å². The second-order valence-corrected chi connectivity index (χ2v) is 10.9. The first-order chi connectivity index (χ1) is 14.4. The summed E-state index contributed by atoms with van der Waals surface area (Å²) >= 11 is 2.09. The smallest absolute Gasteiger partial charge is 0.317 e. The lowest BCUT2D eigenvalue weighted by molar-refractivity contribution is -0.140. The van der Waals surface area contributed by atoms with Crippen molar-refractivity contribution >= 4 is 46.3 Å². The molecule has 12 heteroatoms. The Morgan fingerprint density at radius 2 is 0.839 bits per heavy atom. The molecule has 0 atom stereocenters. The van der Waals surface area contributed by atoms with Crippen LogP contribution in [0.1, 0.15) is 13.8 Å². The Kier molecular flexibility index (Phi) is 11.8. The van der Waals surface area contributed by atoms with Gasteiger partial charge in [-0.2, -0.15) is 0 Å². The lowest BCUT2D eigenvalue weighted by atomic mass is 10.1. The lowest BCUT2D eigenvalue weighted by Crippen LogP contribution is -2.49. The molecule has 0 aliphatic carbocycles. The molecule has 3 N–H and O–H groups in total. The van der Waals surface area contributed by atoms with E-state index in [4.69, 9.17) is 5.11 Å². The number of halogens is 1. The zero-order valence-corrected chi connectivity index (χ0v) is 20.3. The number of carboxylic acid groups (broad SMARTS) is 3. The van der Waals surface area contributed by atoms with Gasteiger partial charge >= 0.3 is 17.9 Å². The number of ketones is 1. The van der Waals surface area contributed by atoms with E-state index in [-0.39, 0.29) is 32.0 Å². The van der Waals surface area contributed by atoms with Gasteiger partial charge in [-0.05, 0) is 13.8 Å². The number of nitrogens with zero attached hydrogens (tertiary/aromatic N) is 4. The molecule has 1 rings (SSSR count). The first kappa shape index (κ1) is 27.7. The van der Waals surface area contributed by atoms with Crippen LogP contribution in [-0.4, -0.2) is 141 Å². The Balaban J connectivity index is 2.99. The summed E-state index contributed by atoms with van der Waals surface area (Å²) in [7, 11) is 0. The minimum absolute atomic E-state index is 0.0439. The molecule has 0 aromatic heterocycles. The number of alkyl halides is 1. The fourth-order valence-corrected chi connectivity index (χ4v) is 3.35. The van der Waals surface area contributed by atoms with Crippen LogP contribution in [0.25, 0.3) is 0 Å². The van der Waals surface area contributed by atoms with Gasteiger partial charge in [0.1, 0.15) is 0 Å². The van der Waals surface area contributed by atoms with E-state index in [0.717, 1.165) is 0 Å². The molecule has 0 aromatic carbocycles. The van der Waals surface area contributed by atoms with Gasteiger partial charge in [-0.1, -0.05) is 22.6 Å². The molecule has 0 unspecified atom stereocenters. The van der Waals surface area contributed by atoms with Crippen molar-refractivity contribution in [1.29, 1.82) is 0 Å². The minimum Gasteiger partial charge on any atom is -0.480 e. The summed E-state index contributed by atoms with van der Waals surface area (Å²) in [4.78, 5) is 53.3. The maximum Gasteiger partial charge on any atom is 0.317 e. The summed E-state index contributed by atoms with van der Waals surface area (Å²) in [6.45, 7) is 6.43. The number of carbonyl (C=O) groups excluding carboxylic acids is 1. The Morgan fingerprint density at radius 1 is 0.613 bits per heavy atom. The van der Waals surface area contributed by atoms with Gasteiger partial charge in [0.15, 0.2) is 5.78 Å². The first-order valence-electron chi connectivity index (χ1n) is 10.1. The van der Waals surface area contributed by atoms with Crippen molar-refractivity contribution in [2.45, 2.75) is 17.3 Å². The van der Waals surface area contributed by atoms with Crippen LogP contribution in [0.3, 0.4) is 0 Å². The first-order valence-corrected chi connectivity index (χ1v) is 11.2. The standard InChI is InChI=1S/C19H33IN4O7/c1-19(2,20)15(25)11-21-3-5-22(12-16(26)27)7-9-24(14-18(30)31)10-8-23(6-4-21)13-17(28)29/h3-14H2,1-2H3,(H,26,27)(H,28,29)(H,30,31). The molecule has 11 nitrogen and oxygen atoms in total. The molecule has 1 aliphatic rings. The fraction of sp³-hybridized carbons (Fsp3) is 0.789. The molecular formula is C19H33IN4O7. The van der Waals surface area contributed by atoms with Crippen molar-refractivity contribution in [3.8, 4) is 0 Å². The van der Waals surface area contributed by atoms with E-state index in [0.29, 0.717) is 52.4 Å². The van der Waals surface area contributed by atoms with E-state index in [9.17, 15) is 29.4 Å². The number of hydrogen-bond acceptors (Lipinski definition) is 8. The molecule has 0 spiro atoms. The number of Topliss-reactive ketones (excluding diaryl/α,β-unsaturated/α-hetero) is 1. The third-order valence-electron chi connectivity index (χ3n) is 5.04. The number of rotatable bonds is 9. The van der Waals surface area contributed by atoms with Gasteiger partial charge in [-0.15, -0.1) is 0 Å². The van der Waals surface area contributed by atoms with E-state index in [1.807, 2.05) is 18.7 Å². The summed E-state index contributed by atoms with van der Waals surface area (Å²) in [5.41, 5.74) is 0. The van der Waals surface area contributed by atoms with Crippen LogP contribution in [-0.2, 0) is 19.2 Å². The van der Waals surface area contributed by atoms with Crippen molar-refractivity contribution < 1.29 is 34.5 Å². The second kappa shape index (κ2) is 13.3. The van der Waals surface area contributed by atoms with E-state index in [1.54, 1.807) is 14.7 Å². The normalized spacial score (nSPS) is 19.3. The molecule has 0 bridgehead atoms. The highest BCUT2D eigenvalue weighted by molar-refractivity contribution is 14.1. The quantitative estimate of drug-likeness (QED) is 0.244. The van der Waals surface area contributed by atoms with Crippen LogP contribution in [0.4, 0.5) is 0 Å². The van der Waals surface area contributed by atoms with Crippen LogP contribution < -0.4 is 0 Å². The number of carbonyl (C=O) groups is 4. The molecule has 0 aromatic rings. The van der Waals surface area contributed by atoms with Crippen LogP contribution in [0.2, 0.25) is 0 Å². The Bertz CT molecular complexity index is 609. The molecule has 1 aliphatic heterocycles. The van der Waals surface area contributed by atoms with Gasteiger partial charge in [0, 0.05) is 52.4 Å². The zero-order valence-electron chi connectivity index (χ0n) is 18.1. The van der Waals surface area contributed by atoms with Gasteiger partial charge in [-0.25, -0.2) is 0 Å². The van der Waals surface area contributed by atoms with Gasteiger partial charge < -0.3 is 15.3 Å². The van der Waals surface area contributed by atoms with Gasteiger partial charge in [0.05, 0.1) is 29.6 Å². The molecule has 1 fully saturated rings. The van der Waals surface area contributed by atoms with Crippen molar-refractivity contribution in [3.05, 3.63) is 0 Å². The molecule has 1 heterocycles. The minimum atomic E-state index is -0.993. The predicted octanol–water partition coefficient (Wildman–Crippen LogP) is -0.755. The highest BCUT2D eigenvalue weighted by Crippen LogP contribution is 2.18. The summed E-state index contributed by atoms with van der Waals surface area (Å²) in [5, 5.41) is 27.6. The summed E-state index contributed by atoms with van der Waals surface area (Å²) < 4.78 is -0.541. The monoisotopic (exact) mass is 556 g/mol. The van der Waals surface area contributed by atoms with Crippen LogP contribution in [0.5, 0.6) is 0 Å². The van der Waals surface area contributed by atoms with Crippen molar-refractivity contribution in [2.75, 3.05) is 78.5 Å². The highest BCUT2D eigenvalue weighted by Gasteiger charge is 2.26. The maximum atomic E-state index is 12.5. The van der Waals surface area contributed by atoms with Crippen molar-refractivity contribution in [3.63, 3.8) is 0 Å². The Hall–Kier alpha value is -1.35. The zero-order chi connectivity index (χ0) is 23.6. The van der Waals surface area contributed by atoms with Crippen LogP contribution >= 0.6 is 22.6 Å². The topological polar surface area (TPSA) is 142 Å². The molecule has 31 heavy (non-hydrogen) atoms. The lowest BCUT2D eigenvalue weighted by Gasteiger charge is -2.33. The second-order valence-electron chi connectivity index (χ2n) is 8.18. The summed E-state index contributed by atoms with van der Waals surface area (Å²) in [6.07, 6.45) is 0. The Morgan fingerprint density at radius 3 is 1.03 bits per heavy atom. The average Bonchev–Trinajstić information content (AvgIpc) is 2.61. The third-order valence-corrected chi connectivity index (χ3v) is 5.64. The average molecular weight is 556 g/mol. The Labute approximate surface area is 196 Å². The largest absolute Gasteiger partial charge is 0.480 e. The van der Waals surface area contributed by atoms with Crippen molar-refractivity contribution in [1.82, 2.24) is 19.6 Å². The summed E-state index contributed by atoms with van der Waals surface area (Å²) in [5.74, 6) is -2.89. The van der Waals surface area contributed by atoms with E-state index < -0.39 is 21.3 Å². The number of hydrogen-bond donors (Lipinski definition) is 3. The molecule has 0 radical (unpaired) electrons. The fourth-order valence-electron chi connectivity index (χ4n) is 3.18. The third kappa shape index (κ3) is 12.3. The molecular weight excluding hydrogens is 523 g/mol. The van der Waals surface area contributed by atoms with Gasteiger partial charge in [0.2, 0.25) is 0 Å². The summed E-state index contributed by atoms with van der Waals surface area (Å²) in [6, 6.07) is 0. The van der Waals surface area contributed by atoms with Gasteiger partial charge in [0.25, 0.3) is 0 Å². The predicted molar refractivity (Wildman–Crippen MR) is 122 cm³/mol. The van der Waals surface area contributed by atoms with Crippen LogP contribution in [0, 0.1) is 0 Å². The SMILES string of the molecule is CC(C)(I)C(=O)CN1CCN(CC(=O)O)CCN(CC(=O)O)CCN(CC(=O)O)CC1. The number of carboxylic acids is 3. The van der Waals surface area contributed by atoms with Crippen LogP contribution in [0.15, 0.2) is 0 Å². The van der Waals surface area contributed by atoms with Gasteiger partial charge in [-0.3, -0.25) is 38.8 Å². The molecule has 0 saturated carbocycles. The number of aliphatic carboxylic acids is 3. The van der Waals surface area contributed by atoms with E-state index in [1.165, 1.54) is 0 Å². The van der Waals surface area contributed by atoms with E-state index in [2.05, 4.69) is 22.6 Å². The highest BCUT2D eigenvalue weighted by atomic mass is 127. The molecule has 0 amide bonds. The maximum absolute atomic E-state index is 12.5.